The summed E-state index contributed by atoms with van der Waals surface area (Å²) in [5.41, 5.74) is 6.42. The van der Waals surface area contributed by atoms with E-state index in [1.165, 1.54) is 11.1 Å². The largest absolute Gasteiger partial charge is 0.496 e. The molecular weight excluding hydrogens is 415 g/mol. The summed E-state index contributed by atoms with van der Waals surface area (Å²) in [5, 5.41) is 8.31. The monoisotopic (exact) mass is 438 g/mol. The van der Waals surface area contributed by atoms with E-state index in [4.69, 9.17) is 27.9 Å². The third-order valence-electron chi connectivity index (χ3n) is 5.12. The minimum absolute atomic E-state index is 0.151. The van der Waals surface area contributed by atoms with Gasteiger partial charge in [0.25, 0.3) is 0 Å². The Morgan fingerprint density at radius 1 is 0.933 bits per heavy atom. The molecule has 1 aliphatic heterocycles. The Labute approximate surface area is 187 Å². The van der Waals surface area contributed by atoms with Crippen molar-refractivity contribution < 1.29 is 4.74 Å². The molecule has 0 amide bonds. The number of ether oxygens (including phenoxy) is 1. The zero-order valence-corrected chi connectivity index (χ0v) is 18.7. The first-order chi connectivity index (χ1) is 14.3. The van der Waals surface area contributed by atoms with Crippen LogP contribution >= 0.6 is 23.2 Å². The smallest absolute Gasteiger partial charge is 0.126 e. The molecule has 3 aromatic carbocycles. The molecule has 0 fully saturated rings. The first-order valence-electron chi connectivity index (χ1n) is 9.82. The minimum atomic E-state index is -0.151. The fourth-order valence-electron chi connectivity index (χ4n) is 3.87. The van der Waals surface area contributed by atoms with Crippen molar-refractivity contribution in [3.05, 3.63) is 82.3 Å². The van der Waals surface area contributed by atoms with Gasteiger partial charge in [0.1, 0.15) is 5.75 Å². The maximum absolute atomic E-state index is 6.15. The highest BCUT2D eigenvalue weighted by Crippen LogP contribution is 2.38. The van der Waals surface area contributed by atoms with Crippen LogP contribution in [0.3, 0.4) is 0 Å². The summed E-state index contributed by atoms with van der Waals surface area (Å²) in [6.45, 7) is 4.99. The fourth-order valence-corrected chi connectivity index (χ4v) is 4.39. The molecule has 3 nitrogen and oxygen atoms in total. The second kappa shape index (κ2) is 8.25. The number of rotatable bonds is 5. The molecule has 0 saturated heterocycles. The highest BCUT2D eigenvalue weighted by Gasteiger charge is 2.24. The molecule has 1 aliphatic rings. The number of nitrogens with one attached hydrogen (secondary N) is 2. The van der Waals surface area contributed by atoms with Gasteiger partial charge in [-0.1, -0.05) is 53.5 Å². The average Bonchev–Trinajstić information content (AvgIpc) is 2.70. The number of methoxy groups -OCH3 is 1. The predicted molar refractivity (Wildman–Crippen MR) is 129 cm³/mol. The van der Waals surface area contributed by atoms with Crippen molar-refractivity contribution in [3.8, 4) is 16.9 Å². The Hall–Kier alpha value is -2.62. The van der Waals surface area contributed by atoms with E-state index in [1.54, 1.807) is 13.2 Å². The molecule has 0 bridgehead atoms. The highest BCUT2D eigenvalue weighted by atomic mass is 35.5. The fraction of sp³-hybridized carbons (Fsp3) is 0.200. The Balaban J connectivity index is 1.70. The van der Waals surface area contributed by atoms with Crippen LogP contribution in [0, 0.1) is 0 Å². The maximum atomic E-state index is 6.15. The lowest BCUT2D eigenvalue weighted by Crippen LogP contribution is -2.32. The second-order valence-electron chi connectivity index (χ2n) is 7.99. The van der Waals surface area contributed by atoms with Crippen molar-refractivity contribution >= 4 is 40.1 Å². The van der Waals surface area contributed by atoms with Crippen molar-refractivity contribution in [2.24, 2.45) is 0 Å². The van der Waals surface area contributed by atoms with E-state index >= 15 is 0 Å². The molecule has 30 heavy (non-hydrogen) atoms. The molecule has 0 aromatic heterocycles. The van der Waals surface area contributed by atoms with Crippen LogP contribution in [0.2, 0.25) is 10.0 Å². The van der Waals surface area contributed by atoms with Crippen molar-refractivity contribution in [3.63, 3.8) is 0 Å². The van der Waals surface area contributed by atoms with Crippen LogP contribution in [0.5, 0.6) is 5.75 Å². The molecule has 2 N–H and O–H groups in total. The lowest BCUT2D eigenvalue weighted by molar-refractivity contribution is 0.416. The van der Waals surface area contributed by atoms with Gasteiger partial charge in [0.05, 0.1) is 12.6 Å². The number of fused-ring (bicyclic) bond motifs is 1. The summed E-state index contributed by atoms with van der Waals surface area (Å²) in [4.78, 5) is 0. The second-order valence-corrected chi connectivity index (χ2v) is 8.86. The first-order valence-corrected chi connectivity index (χ1v) is 10.6. The van der Waals surface area contributed by atoms with E-state index in [1.807, 2.05) is 30.3 Å². The van der Waals surface area contributed by atoms with E-state index < -0.39 is 0 Å². The highest BCUT2D eigenvalue weighted by molar-refractivity contribution is 6.35. The molecule has 4 rings (SSSR count). The molecule has 5 heteroatoms. The van der Waals surface area contributed by atoms with Crippen molar-refractivity contribution in [1.82, 2.24) is 0 Å². The summed E-state index contributed by atoms with van der Waals surface area (Å²) < 4.78 is 5.56. The van der Waals surface area contributed by atoms with Crippen molar-refractivity contribution in [2.45, 2.75) is 19.4 Å². The van der Waals surface area contributed by atoms with Crippen LogP contribution in [0.15, 0.2) is 66.7 Å². The van der Waals surface area contributed by atoms with Crippen LogP contribution in [0.4, 0.5) is 11.4 Å². The van der Waals surface area contributed by atoms with Gasteiger partial charge in [-0.05, 0) is 61.4 Å². The number of benzene rings is 3. The van der Waals surface area contributed by atoms with Gasteiger partial charge < -0.3 is 15.4 Å². The van der Waals surface area contributed by atoms with Crippen LogP contribution in [0.25, 0.3) is 16.7 Å². The zero-order chi connectivity index (χ0) is 21.3. The van der Waals surface area contributed by atoms with E-state index in [9.17, 15) is 0 Å². The van der Waals surface area contributed by atoms with Gasteiger partial charge in [-0.2, -0.15) is 0 Å². The number of para-hydroxylation sites is 1. The normalized spacial score (nSPS) is 14.4. The molecular formula is C25H24Cl2N2O. The Bertz CT molecular complexity index is 1100. The number of anilines is 2. The molecule has 0 atom stereocenters. The van der Waals surface area contributed by atoms with Crippen molar-refractivity contribution in [1.29, 1.82) is 0 Å². The van der Waals surface area contributed by atoms with Crippen LogP contribution in [-0.2, 0) is 0 Å². The van der Waals surface area contributed by atoms with Crippen LogP contribution in [0.1, 0.15) is 19.4 Å². The molecule has 3 aromatic rings. The number of hydrogen-bond donors (Lipinski definition) is 2. The quantitative estimate of drug-likeness (QED) is 0.436. The third-order valence-corrected chi connectivity index (χ3v) is 5.56. The summed E-state index contributed by atoms with van der Waals surface area (Å²) in [6.07, 6.45) is 2.26. The Morgan fingerprint density at radius 2 is 1.67 bits per heavy atom. The molecule has 0 saturated carbocycles. The van der Waals surface area contributed by atoms with Crippen LogP contribution < -0.4 is 15.4 Å². The van der Waals surface area contributed by atoms with E-state index in [2.05, 4.69) is 54.8 Å². The number of hydrogen-bond acceptors (Lipinski definition) is 3. The number of halogens is 2. The van der Waals surface area contributed by atoms with E-state index in [-0.39, 0.29) is 5.54 Å². The van der Waals surface area contributed by atoms with Gasteiger partial charge in [0.15, 0.2) is 0 Å². The van der Waals surface area contributed by atoms with Crippen LogP contribution in [-0.4, -0.2) is 19.2 Å². The van der Waals surface area contributed by atoms with E-state index in [0.29, 0.717) is 16.6 Å². The summed E-state index contributed by atoms with van der Waals surface area (Å²) in [7, 11) is 1.70. The van der Waals surface area contributed by atoms with Gasteiger partial charge in [-0.25, -0.2) is 0 Å². The van der Waals surface area contributed by atoms with Gasteiger partial charge in [-0.15, -0.1) is 0 Å². The van der Waals surface area contributed by atoms with Crippen molar-refractivity contribution in [2.75, 3.05) is 24.3 Å². The summed E-state index contributed by atoms with van der Waals surface area (Å²) >= 11 is 12.3. The van der Waals surface area contributed by atoms with Gasteiger partial charge in [-0.3, -0.25) is 0 Å². The molecule has 0 spiro atoms. The maximum Gasteiger partial charge on any atom is 0.126 e. The lowest BCUT2D eigenvalue weighted by Gasteiger charge is -2.33. The topological polar surface area (TPSA) is 33.3 Å². The van der Waals surface area contributed by atoms with Gasteiger partial charge in [0, 0.05) is 39.1 Å². The zero-order valence-electron chi connectivity index (χ0n) is 17.2. The first kappa shape index (κ1) is 20.6. The Kier molecular flexibility index (Phi) is 5.68. The molecule has 0 aliphatic carbocycles. The Morgan fingerprint density at radius 3 is 2.40 bits per heavy atom. The van der Waals surface area contributed by atoms with Gasteiger partial charge in [0.2, 0.25) is 0 Å². The van der Waals surface area contributed by atoms with E-state index in [0.717, 1.165) is 28.3 Å². The third kappa shape index (κ3) is 4.43. The standard InChI is InChI=1S/C25H24Cl2N2O/c1-25(2)14-17(15-28-20-12-18(26)11-19(27)13-20)22-10-16(8-9-23(22)29-25)21-6-4-5-7-24(21)30-3/h4-14,28-29H,15H2,1-3H3. The molecule has 0 radical (unpaired) electrons. The SMILES string of the molecule is COc1ccccc1-c1ccc2c(c1)C(CNc1cc(Cl)cc(Cl)c1)=CC(C)(C)N2. The minimum Gasteiger partial charge on any atom is -0.496 e. The summed E-state index contributed by atoms with van der Waals surface area (Å²) in [6, 6.07) is 20.1. The van der Waals surface area contributed by atoms with Gasteiger partial charge >= 0.3 is 0 Å². The lowest BCUT2D eigenvalue weighted by atomic mass is 9.88. The molecule has 0 unspecified atom stereocenters. The molecule has 154 valence electrons. The molecule has 1 heterocycles. The summed E-state index contributed by atoms with van der Waals surface area (Å²) in [5.74, 6) is 0.860. The average molecular weight is 439 g/mol. The predicted octanol–water partition coefficient (Wildman–Crippen LogP) is 7.37.